The van der Waals surface area contributed by atoms with Crippen LogP contribution in [0.3, 0.4) is 0 Å². The van der Waals surface area contributed by atoms with Crippen LogP contribution in [0.2, 0.25) is 0 Å². The van der Waals surface area contributed by atoms with Gasteiger partial charge in [-0.1, -0.05) is 18.2 Å². The van der Waals surface area contributed by atoms with Gasteiger partial charge >= 0.3 is 0 Å². The number of hydrogen-bond acceptors (Lipinski definition) is 5. The van der Waals surface area contributed by atoms with Crippen molar-refractivity contribution in [3.63, 3.8) is 0 Å². The zero-order valence-electron chi connectivity index (χ0n) is 14.3. The summed E-state index contributed by atoms with van der Waals surface area (Å²) in [5.74, 6) is 0.719. The van der Waals surface area contributed by atoms with Crippen molar-refractivity contribution in [3.8, 4) is 0 Å². The molecule has 0 saturated carbocycles. The Kier molecular flexibility index (Phi) is 4.35. The molecule has 3 aromatic rings. The molecule has 1 aromatic carbocycles. The van der Waals surface area contributed by atoms with Crippen LogP contribution >= 0.6 is 0 Å². The Morgan fingerprint density at radius 2 is 1.92 bits per heavy atom. The summed E-state index contributed by atoms with van der Waals surface area (Å²) < 4.78 is 0. The number of nitrogens with one attached hydrogen (secondary N) is 1. The number of benzene rings is 1. The van der Waals surface area contributed by atoms with E-state index in [1.807, 2.05) is 41.3 Å². The third-order valence-electron chi connectivity index (χ3n) is 4.65. The molecule has 0 bridgehead atoms. The number of amides is 1. The van der Waals surface area contributed by atoms with Gasteiger partial charge < -0.3 is 14.8 Å². The number of carbonyl (C=O) groups excluding carboxylic acids is 1. The van der Waals surface area contributed by atoms with Crippen molar-refractivity contribution in [2.24, 2.45) is 0 Å². The van der Waals surface area contributed by atoms with E-state index in [0.29, 0.717) is 30.7 Å². The molecule has 26 heavy (non-hydrogen) atoms. The van der Waals surface area contributed by atoms with Crippen LogP contribution in [-0.4, -0.2) is 52.2 Å². The zero-order valence-corrected chi connectivity index (χ0v) is 14.3. The summed E-state index contributed by atoms with van der Waals surface area (Å²) in [5.41, 5.74) is 0.875. The summed E-state index contributed by atoms with van der Waals surface area (Å²) in [7, 11) is 0. The van der Waals surface area contributed by atoms with Crippen LogP contribution in [0.1, 0.15) is 16.8 Å². The summed E-state index contributed by atoms with van der Waals surface area (Å²) in [5, 5.41) is 8.85. The van der Waals surface area contributed by atoms with Gasteiger partial charge in [-0.25, -0.2) is 0 Å². The number of aromatic nitrogens is 3. The van der Waals surface area contributed by atoms with Gasteiger partial charge in [0.25, 0.3) is 5.91 Å². The van der Waals surface area contributed by atoms with Gasteiger partial charge in [0, 0.05) is 49.3 Å². The minimum atomic E-state index is -0.261. The number of hydrogen-bond donors (Lipinski definition) is 1. The Balaban J connectivity index is 1.59. The number of rotatable bonds is 2. The van der Waals surface area contributed by atoms with Crippen LogP contribution in [0.4, 0.5) is 5.82 Å². The summed E-state index contributed by atoms with van der Waals surface area (Å²) in [4.78, 5) is 31.8. The smallest absolute Gasteiger partial charge is 0.254 e. The maximum Gasteiger partial charge on any atom is 0.254 e. The number of nitrogens with zero attached hydrogens (tertiary/aromatic N) is 4. The van der Waals surface area contributed by atoms with E-state index >= 15 is 0 Å². The highest BCUT2D eigenvalue weighted by Gasteiger charge is 2.22. The van der Waals surface area contributed by atoms with Gasteiger partial charge in [-0.3, -0.25) is 9.59 Å². The van der Waals surface area contributed by atoms with Gasteiger partial charge in [0.1, 0.15) is 0 Å². The molecule has 1 N–H and O–H groups in total. The predicted molar refractivity (Wildman–Crippen MR) is 99.3 cm³/mol. The van der Waals surface area contributed by atoms with Crippen molar-refractivity contribution < 1.29 is 4.79 Å². The van der Waals surface area contributed by atoms with Crippen LogP contribution in [0.15, 0.2) is 53.5 Å². The lowest BCUT2D eigenvalue weighted by Crippen LogP contribution is -2.36. The molecule has 1 aliphatic rings. The number of pyridine rings is 1. The predicted octanol–water partition coefficient (Wildman–Crippen LogP) is 1.67. The molecule has 7 heteroatoms. The SMILES string of the molecule is O=C(c1cc(=O)[nH]c2ccccc12)N1CCCN(c2cccnn2)CC1. The van der Waals surface area contributed by atoms with Crippen molar-refractivity contribution in [1.82, 2.24) is 20.1 Å². The molecule has 0 aliphatic carbocycles. The summed E-state index contributed by atoms with van der Waals surface area (Å²) in [6.07, 6.45) is 2.48. The third kappa shape index (κ3) is 3.15. The first-order valence-electron chi connectivity index (χ1n) is 8.66. The fourth-order valence-corrected chi connectivity index (χ4v) is 3.36. The van der Waals surface area contributed by atoms with E-state index in [0.717, 1.165) is 24.2 Å². The highest BCUT2D eigenvalue weighted by Crippen LogP contribution is 2.18. The van der Waals surface area contributed by atoms with E-state index in [1.54, 1.807) is 6.20 Å². The largest absolute Gasteiger partial charge is 0.353 e. The van der Waals surface area contributed by atoms with Crippen molar-refractivity contribution in [1.29, 1.82) is 0 Å². The molecule has 1 fully saturated rings. The van der Waals surface area contributed by atoms with Crippen LogP contribution in [0.5, 0.6) is 0 Å². The van der Waals surface area contributed by atoms with Gasteiger partial charge in [0.15, 0.2) is 5.82 Å². The Bertz CT molecular complexity index is 986. The number of H-pyrrole nitrogens is 1. The van der Waals surface area contributed by atoms with E-state index in [9.17, 15) is 9.59 Å². The molecule has 2 aromatic heterocycles. The number of anilines is 1. The monoisotopic (exact) mass is 349 g/mol. The van der Waals surface area contributed by atoms with E-state index < -0.39 is 0 Å². The molecule has 1 amide bonds. The van der Waals surface area contributed by atoms with Crippen LogP contribution in [0, 0.1) is 0 Å². The normalized spacial score (nSPS) is 15.1. The van der Waals surface area contributed by atoms with Gasteiger partial charge in [-0.2, -0.15) is 5.10 Å². The molecule has 0 atom stereocenters. The first kappa shape index (κ1) is 16.3. The fourth-order valence-electron chi connectivity index (χ4n) is 3.36. The molecule has 0 unspecified atom stereocenters. The minimum Gasteiger partial charge on any atom is -0.353 e. The summed E-state index contributed by atoms with van der Waals surface area (Å²) in [6, 6.07) is 12.6. The third-order valence-corrected chi connectivity index (χ3v) is 4.65. The zero-order chi connectivity index (χ0) is 17.9. The molecule has 1 saturated heterocycles. The van der Waals surface area contributed by atoms with Gasteiger partial charge in [-0.05, 0) is 24.6 Å². The maximum atomic E-state index is 13.1. The fraction of sp³-hybridized carbons (Fsp3) is 0.263. The molecule has 132 valence electrons. The van der Waals surface area contributed by atoms with Gasteiger partial charge in [0.05, 0.1) is 5.56 Å². The lowest BCUT2D eigenvalue weighted by molar-refractivity contribution is 0.0769. The summed E-state index contributed by atoms with van der Waals surface area (Å²) >= 11 is 0. The van der Waals surface area contributed by atoms with E-state index in [2.05, 4.69) is 20.1 Å². The second-order valence-corrected chi connectivity index (χ2v) is 6.31. The second kappa shape index (κ2) is 6.95. The first-order valence-corrected chi connectivity index (χ1v) is 8.66. The molecule has 0 spiro atoms. The Labute approximate surface area is 150 Å². The molecule has 0 radical (unpaired) electrons. The second-order valence-electron chi connectivity index (χ2n) is 6.31. The lowest BCUT2D eigenvalue weighted by atomic mass is 10.1. The summed E-state index contributed by atoms with van der Waals surface area (Å²) in [6.45, 7) is 2.73. The van der Waals surface area contributed by atoms with E-state index in [4.69, 9.17) is 0 Å². The molecular weight excluding hydrogens is 330 g/mol. The van der Waals surface area contributed by atoms with E-state index in [-0.39, 0.29) is 11.5 Å². The van der Waals surface area contributed by atoms with Crippen molar-refractivity contribution in [2.45, 2.75) is 6.42 Å². The molecule has 7 nitrogen and oxygen atoms in total. The van der Waals surface area contributed by atoms with Crippen molar-refractivity contribution in [3.05, 3.63) is 64.6 Å². The average molecular weight is 349 g/mol. The van der Waals surface area contributed by atoms with Crippen LogP contribution < -0.4 is 10.5 Å². The van der Waals surface area contributed by atoms with Crippen LogP contribution in [-0.2, 0) is 0 Å². The number of aromatic amines is 1. The quantitative estimate of drug-likeness (QED) is 0.761. The van der Waals surface area contributed by atoms with Crippen LogP contribution in [0.25, 0.3) is 10.9 Å². The molecular formula is C19H19N5O2. The Morgan fingerprint density at radius 3 is 2.77 bits per heavy atom. The number of fused-ring (bicyclic) bond motifs is 1. The highest BCUT2D eigenvalue weighted by molar-refractivity contribution is 6.05. The molecule has 1 aliphatic heterocycles. The molecule has 4 rings (SSSR count). The standard InChI is InChI=1S/C19H19N5O2/c25-18-13-15(14-5-1-2-6-16(14)21-18)19(26)24-10-4-9-23(11-12-24)17-7-3-8-20-22-17/h1-3,5-8,13H,4,9-12H2,(H,21,25). The number of carbonyl (C=O) groups is 1. The first-order chi connectivity index (χ1) is 12.7. The topological polar surface area (TPSA) is 82.2 Å². The molecule has 3 heterocycles. The highest BCUT2D eigenvalue weighted by atomic mass is 16.2. The van der Waals surface area contributed by atoms with E-state index in [1.165, 1.54) is 6.07 Å². The van der Waals surface area contributed by atoms with Gasteiger partial charge in [-0.15, -0.1) is 5.10 Å². The van der Waals surface area contributed by atoms with Crippen molar-refractivity contribution >= 4 is 22.6 Å². The van der Waals surface area contributed by atoms with Crippen molar-refractivity contribution in [2.75, 3.05) is 31.1 Å². The Morgan fingerprint density at radius 1 is 1.04 bits per heavy atom. The van der Waals surface area contributed by atoms with Gasteiger partial charge in [0.2, 0.25) is 5.56 Å². The Hall–Kier alpha value is -3.22. The average Bonchev–Trinajstić information content (AvgIpc) is 2.93. The lowest BCUT2D eigenvalue weighted by Gasteiger charge is -2.22. The minimum absolute atomic E-state index is 0.103. The maximum absolute atomic E-state index is 13.1. The number of para-hydroxylation sites is 1.